The Kier molecular flexibility index (Phi) is 7.13. The molecular formula is C23H34N4O3. The summed E-state index contributed by atoms with van der Waals surface area (Å²) in [4.78, 5) is 42.4. The fourth-order valence-corrected chi connectivity index (χ4v) is 4.40. The predicted octanol–water partition coefficient (Wildman–Crippen LogP) is 1.04. The Morgan fingerprint density at radius 1 is 1.17 bits per heavy atom. The summed E-state index contributed by atoms with van der Waals surface area (Å²) in [6.45, 7) is 7.55. The summed E-state index contributed by atoms with van der Waals surface area (Å²) in [6, 6.07) is 8.73. The maximum atomic E-state index is 13.3. The number of fused-ring (bicyclic) bond motifs is 1. The van der Waals surface area contributed by atoms with E-state index in [-0.39, 0.29) is 35.6 Å². The van der Waals surface area contributed by atoms with Crippen LogP contribution in [-0.4, -0.2) is 72.3 Å². The summed E-state index contributed by atoms with van der Waals surface area (Å²) >= 11 is 0. The average molecular weight is 415 g/mol. The minimum atomic E-state index is -0.627. The van der Waals surface area contributed by atoms with Gasteiger partial charge in [-0.15, -0.1) is 0 Å². The van der Waals surface area contributed by atoms with Crippen LogP contribution in [0.15, 0.2) is 30.3 Å². The summed E-state index contributed by atoms with van der Waals surface area (Å²) in [5, 5.41) is 5.78. The van der Waals surface area contributed by atoms with E-state index in [1.807, 2.05) is 36.9 Å². The summed E-state index contributed by atoms with van der Waals surface area (Å²) in [5.74, 6) is -0.193. The number of hydrogen-bond acceptors (Lipinski definition) is 4. The van der Waals surface area contributed by atoms with Crippen molar-refractivity contribution in [3.8, 4) is 0 Å². The molecule has 0 spiro atoms. The first-order chi connectivity index (χ1) is 14.3. The Labute approximate surface area is 179 Å². The van der Waals surface area contributed by atoms with Gasteiger partial charge in [-0.25, -0.2) is 0 Å². The largest absolute Gasteiger partial charge is 0.343 e. The highest BCUT2D eigenvalue weighted by Gasteiger charge is 2.50. The summed E-state index contributed by atoms with van der Waals surface area (Å²) in [6.07, 6.45) is 1.64. The van der Waals surface area contributed by atoms with Gasteiger partial charge in [-0.05, 0) is 38.3 Å². The van der Waals surface area contributed by atoms with Crippen molar-refractivity contribution in [3.05, 3.63) is 35.9 Å². The molecule has 7 heteroatoms. The molecule has 2 aliphatic rings. The van der Waals surface area contributed by atoms with E-state index < -0.39 is 12.1 Å². The van der Waals surface area contributed by atoms with Gasteiger partial charge in [-0.1, -0.05) is 44.2 Å². The van der Waals surface area contributed by atoms with Crippen molar-refractivity contribution in [2.24, 2.45) is 11.8 Å². The average Bonchev–Trinajstić information content (AvgIpc) is 3.29. The van der Waals surface area contributed by atoms with Crippen LogP contribution in [0.3, 0.4) is 0 Å². The highest BCUT2D eigenvalue weighted by Crippen LogP contribution is 2.33. The normalized spacial score (nSPS) is 22.9. The van der Waals surface area contributed by atoms with Crippen LogP contribution < -0.4 is 10.6 Å². The van der Waals surface area contributed by atoms with E-state index in [1.54, 1.807) is 18.9 Å². The molecule has 3 rings (SSSR count). The van der Waals surface area contributed by atoms with Crippen molar-refractivity contribution in [2.75, 3.05) is 26.7 Å². The SMILES string of the molecule is CN[C@@H](C)C(=O)N[C@H](C(=O)N1CCC2CN(CCc3ccccc3)C(=O)C21)C(C)C. The molecule has 7 nitrogen and oxygen atoms in total. The fourth-order valence-electron chi connectivity index (χ4n) is 4.40. The Bertz CT molecular complexity index is 767. The zero-order valence-electron chi connectivity index (χ0n) is 18.4. The lowest BCUT2D eigenvalue weighted by Gasteiger charge is -2.31. The summed E-state index contributed by atoms with van der Waals surface area (Å²) < 4.78 is 0. The van der Waals surface area contributed by atoms with Crippen LogP contribution in [0.1, 0.15) is 32.8 Å². The second-order valence-corrected chi connectivity index (χ2v) is 8.79. The standard InChI is InChI=1S/C23H34N4O3/c1-15(2)19(25-21(28)16(3)24-4)22(29)27-13-11-18-14-26(23(30)20(18)27)12-10-17-8-6-5-7-9-17/h5-9,15-16,18-20,24H,10-14H2,1-4H3,(H,25,28)/t16-,18?,19-,20?/m0/s1. The molecule has 0 aromatic heterocycles. The van der Waals surface area contributed by atoms with Crippen molar-refractivity contribution in [1.29, 1.82) is 0 Å². The third kappa shape index (κ3) is 4.67. The minimum Gasteiger partial charge on any atom is -0.343 e. The predicted molar refractivity (Wildman–Crippen MR) is 116 cm³/mol. The summed E-state index contributed by atoms with van der Waals surface area (Å²) in [7, 11) is 1.71. The number of nitrogens with one attached hydrogen (secondary N) is 2. The van der Waals surface area contributed by atoms with Crippen LogP contribution in [-0.2, 0) is 20.8 Å². The van der Waals surface area contributed by atoms with Gasteiger partial charge in [0.25, 0.3) is 0 Å². The van der Waals surface area contributed by atoms with Crippen molar-refractivity contribution in [3.63, 3.8) is 0 Å². The molecule has 2 unspecified atom stereocenters. The van der Waals surface area contributed by atoms with E-state index in [4.69, 9.17) is 0 Å². The molecule has 2 fully saturated rings. The number of likely N-dealkylation sites (tertiary alicyclic amines) is 2. The monoisotopic (exact) mass is 414 g/mol. The van der Waals surface area contributed by atoms with Crippen molar-refractivity contribution in [2.45, 2.75) is 51.7 Å². The topological polar surface area (TPSA) is 81.8 Å². The molecule has 2 saturated heterocycles. The number of carbonyl (C=O) groups excluding carboxylic acids is 3. The maximum absolute atomic E-state index is 13.3. The first kappa shape index (κ1) is 22.3. The number of hydrogen-bond donors (Lipinski definition) is 2. The van der Waals surface area contributed by atoms with Crippen LogP contribution >= 0.6 is 0 Å². The Morgan fingerprint density at radius 3 is 2.50 bits per heavy atom. The molecule has 30 heavy (non-hydrogen) atoms. The lowest BCUT2D eigenvalue weighted by Crippen LogP contribution is -2.56. The fraction of sp³-hybridized carbons (Fsp3) is 0.609. The van der Waals surface area contributed by atoms with Gasteiger partial charge in [0.05, 0.1) is 6.04 Å². The number of likely N-dealkylation sites (N-methyl/N-ethyl adjacent to an activating group) is 1. The third-order valence-corrected chi connectivity index (χ3v) is 6.40. The second kappa shape index (κ2) is 9.60. The van der Waals surface area contributed by atoms with Crippen LogP contribution in [0.5, 0.6) is 0 Å². The van der Waals surface area contributed by atoms with Gasteiger partial charge in [0.1, 0.15) is 12.1 Å². The molecule has 0 saturated carbocycles. The number of rotatable bonds is 8. The van der Waals surface area contributed by atoms with Crippen LogP contribution in [0.25, 0.3) is 0 Å². The molecule has 2 aliphatic heterocycles. The second-order valence-electron chi connectivity index (χ2n) is 8.79. The molecule has 0 bridgehead atoms. The Morgan fingerprint density at radius 2 is 1.87 bits per heavy atom. The first-order valence-corrected chi connectivity index (χ1v) is 10.9. The molecule has 3 amide bonds. The minimum absolute atomic E-state index is 0.0409. The van der Waals surface area contributed by atoms with Crippen LogP contribution in [0, 0.1) is 11.8 Å². The van der Waals surface area contributed by atoms with Gasteiger partial charge < -0.3 is 20.4 Å². The first-order valence-electron chi connectivity index (χ1n) is 10.9. The highest BCUT2D eigenvalue weighted by atomic mass is 16.2. The van der Waals surface area contributed by atoms with E-state index in [2.05, 4.69) is 22.8 Å². The zero-order valence-corrected chi connectivity index (χ0v) is 18.4. The Hall–Kier alpha value is -2.41. The number of amides is 3. The smallest absolute Gasteiger partial charge is 0.246 e. The molecule has 2 heterocycles. The highest BCUT2D eigenvalue weighted by molar-refractivity contribution is 5.94. The summed E-state index contributed by atoms with van der Waals surface area (Å²) in [5.41, 5.74) is 1.21. The zero-order chi connectivity index (χ0) is 21.8. The lowest BCUT2D eigenvalue weighted by atomic mass is 10.0. The van der Waals surface area contributed by atoms with E-state index in [0.717, 1.165) is 12.8 Å². The quantitative estimate of drug-likeness (QED) is 0.666. The van der Waals surface area contributed by atoms with E-state index in [1.165, 1.54) is 5.56 Å². The van der Waals surface area contributed by atoms with Gasteiger partial charge in [0, 0.05) is 25.6 Å². The third-order valence-electron chi connectivity index (χ3n) is 6.40. The molecule has 1 aromatic carbocycles. The Balaban J connectivity index is 1.66. The van der Waals surface area contributed by atoms with Gasteiger partial charge in [0.2, 0.25) is 17.7 Å². The van der Waals surface area contributed by atoms with Gasteiger partial charge in [0.15, 0.2) is 0 Å². The van der Waals surface area contributed by atoms with Crippen molar-refractivity contribution >= 4 is 17.7 Å². The molecule has 4 atom stereocenters. The number of benzene rings is 1. The van der Waals surface area contributed by atoms with Crippen molar-refractivity contribution < 1.29 is 14.4 Å². The van der Waals surface area contributed by atoms with Gasteiger partial charge >= 0.3 is 0 Å². The van der Waals surface area contributed by atoms with E-state index >= 15 is 0 Å². The molecule has 2 N–H and O–H groups in total. The molecule has 164 valence electrons. The molecular weight excluding hydrogens is 380 g/mol. The van der Waals surface area contributed by atoms with Gasteiger partial charge in [-0.2, -0.15) is 0 Å². The van der Waals surface area contributed by atoms with Gasteiger partial charge in [-0.3, -0.25) is 14.4 Å². The molecule has 0 aliphatic carbocycles. The van der Waals surface area contributed by atoms with Crippen LogP contribution in [0.4, 0.5) is 0 Å². The molecule has 0 radical (unpaired) electrons. The van der Waals surface area contributed by atoms with E-state index in [0.29, 0.717) is 19.6 Å². The number of carbonyl (C=O) groups is 3. The van der Waals surface area contributed by atoms with E-state index in [9.17, 15) is 14.4 Å². The van der Waals surface area contributed by atoms with Crippen molar-refractivity contribution in [1.82, 2.24) is 20.4 Å². The van der Waals surface area contributed by atoms with Crippen LogP contribution in [0.2, 0.25) is 0 Å². The lowest BCUT2D eigenvalue weighted by molar-refractivity contribution is -0.144. The maximum Gasteiger partial charge on any atom is 0.246 e. The number of nitrogens with zero attached hydrogens (tertiary/aromatic N) is 2. The molecule has 1 aromatic rings.